The number of aromatic nitrogens is 1. The predicted molar refractivity (Wildman–Crippen MR) is 72.9 cm³/mol. The summed E-state index contributed by atoms with van der Waals surface area (Å²) >= 11 is 0. The maximum atomic E-state index is 3.44. The van der Waals surface area contributed by atoms with Crippen molar-refractivity contribution in [3.8, 4) is 0 Å². The fourth-order valence-electron chi connectivity index (χ4n) is 2.16. The number of nitrogens with one attached hydrogen (secondary N) is 1. The quantitative estimate of drug-likeness (QED) is 0.847. The molecule has 1 aromatic carbocycles. The molecule has 90 valence electrons. The molecule has 0 radical (unpaired) electrons. The zero-order valence-electron chi connectivity index (χ0n) is 11.0. The third kappa shape index (κ3) is 2.52. The van der Waals surface area contributed by atoms with Gasteiger partial charge in [-0.15, -0.1) is 0 Å². The lowest BCUT2D eigenvalue weighted by Gasteiger charge is -2.20. The van der Waals surface area contributed by atoms with Crippen LogP contribution in [0, 0.1) is 20.8 Å². The molecule has 1 atom stereocenters. The highest BCUT2D eigenvalue weighted by Crippen LogP contribution is 2.22. The van der Waals surface area contributed by atoms with Crippen LogP contribution < -0.4 is 5.43 Å². The minimum Gasteiger partial charge on any atom is -0.319 e. The van der Waals surface area contributed by atoms with Gasteiger partial charge in [-0.2, -0.15) is 0 Å². The first-order valence-electron chi connectivity index (χ1n) is 6.05. The molecule has 1 heterocycles. The van der Waals surface area contributed by atoms with Gasteiger partial charge in [0.15, 0.2) is 0 Å². The van der Waals surface area contributed by atoms with Crippen molar-refractivity contribution in [3.63, 3.8) is 0 Å². The first kappa shape index (κ1) is 11.8. The molecule has 0 fully saturated rings. The summed E-state index contributed by atoms with van der Waals surface area (Å²) in [6, 6.07) is 8.89. The maximum Gasteiger partial charge on any atom is 0.0648 e. The van der Waals surface area contributed by atoms with Gasteiger partial charge in [0.05, 0.1) is 6.04 Å². The number of aryl methyl sites for hydroxylation is 3. The predicted octanol–water partition coefficient (Wildman–Crippen LogP) is 3.72. The first-order chi connectivity index (χ1) is 8.08. The normalized spacial score (nSPS) is 12.5. The van der Waals surface area contributed by atoms with Crippen molar-refractivity contribution < 1.29 is 0 Å². The van der Waals surface area contributed by atoms with Crippen molar-refractivity contribution in [3.05, 3.63) is 58.9 Å². The van der Waals surface area contributed by atoms with Gasteiger partial charge in [-0.1, -0.05) is 12.1 Å². The zero-order chi connectivity index (χ0) is 12.4. The van der Waals surface area contributed by atoms with Crippen LogP contribution in [0.2, 0.25) is 0 Å². The molecule has 2 rings (SSSR count). The topological polar surface area (TPSA) is 17.0 Å². The van der Waals surface area contributed by atoms with E-state index in [0.29, 0.717) is 6.04 Å². The van der Waals surface area contributed by atoms with Crippen molar-refractivity contribution in [2.45, 2.75) is 33.7 Å². The third-order valence-corrected chi connectivity index (χ3v) is 3.30. The summed E-state index contributed by atoms with van der Waals surface area (Å²) in [4.78, 5) is 0. The van der Waals surface area contributed by atoms with Gasteiger partial charge >= 0.3 is 0 Å². The van der Waals surface area contributed by atoms with Gasteiger partial charge in [-0.25, -0.2) is 0 Å². The summed E-state index contributed by atoms with van der Waals surface area (Å²) in [5.74, 6) is 0. The Hall–Kier alpha value is -1.70. The first-order valence-corrected chi connectivity index (χ1v) is 6.05. The third-order valence-electron chi connectivity index (χ3n) is 3.30. The van der Waals surface area contributed by atoms with Crippen LogP contribution in [0.15, 0.2) is 36.7 Å². The molecule has 0 aliphatic rings. The lowest BCUT2D eigenvalue weighted by atomic mass is 9.97. The van der Waals surface area contributed by atoms with Crippen LogP contribution in [0.25, 0.3) is 0 Å². The summed E-state index contributed by atoms with van der Waals surface area (Å²) in [6.07, 6.45) is 4.04. The molecule has 0 spiro atoms. The molecule has 1 N–H and O–H groups in total. The van der Waals surface area contributed by atoms with Crippen LogP contribution >= 0.6 is 0 Å². The number of benzene rings is 1. The van der Waals surface area contributed by atoms with Gasteiger partial charge in [0.1, 0.15) is 0 Å². The van der Waals surface area contributed by atoms with Crippen molar-refractivity contribution in [2.75, 3.05) is 5.43 Å². The van der Waals surface area contributed by atoms with E-state index in [1.54, 1.807) is 0 Å². The molecular formula is C15H20N2. The molecule has 0 bridgehead atoms. The number of hydrogen-bond acceptors (Lipinski definition) is 1. The van der Waals surface area contributed by atoms with E-state index in [4.69, 9.17) is 0 Å². The van der Waals surface area contributed by atoms with E-state index in [2.05, 4.69) is 45.3 Å². The largest absolute Gasteiger partial charge is 0.319 e. The van der Waals surface area contributed by atoms with Crippen LogP contribution in [-0.4, -0.2) is 4.68 Å². The smallest absolute Gasteiger partial charge is 0.0648 e. The van der Waals surface area contributed by atoms with Gasteiger partial charge in [0.25, 0.3) is 0 Å². The van der Waals surface area contributed by atoms with E-state index in [9.17, 15) is 0 Å². The highest BCUT2D eigenvalue weighted by Gasteiger charge is 2.09. The molecule has 0 aliphatic heterocycles. The van der Waals surface area contributed by atoms with Crippen LogP contribution in [0.3, 0.4) is 0 Å². The van der Waals surface area contributed by atoms with E-state index in [1.807, 2.05) is 29.2 Å². The van der Waals surface area contributed by atoms with Gasteiger partial charge in [0.2, 0.25) is 0 Å². The van der Waals surface area contributed by atoms with Crippen LogP contribution in [0.4, 0.5) is 0 Å². The van der Waals surface area contributed by atoms with E-state index >= 15 is 0 Å². The summed E-state index contributed by atoms with van der Waals surface area (Å²) in [6.45, 7) is 8.70. The minimum atomic E-state index is 0.307. The molecule has 0 saturated heterocycles. The molecule has 0 saturated carbocycles. The van der Waals surface area contributed by atoms with E-state index < -0.39 is 0 Å². The molecule has 0 amide bonds. The summed E-state index contributed by atoms with van der Waals surface area (Å²) in [5, 5.41) is 0. The fraction of sp³-hybridized carbons (Fsp3) is 0.333. The highest BCUT2D eigenvalue weighted by molar-refractivity contribution is 5.38. The van der Waals surface area contributed by atoms with Gasteiger partial charge in [-0.05, 0) is 62.1 Å². The zero-order valence-corrected chi connectivity index (χ0v) is 11.0. The Kier molecular flexibility index (Phi) is 3.23. The fourth-order valence-corrected chi connectivity index (χ4v) is 2.16. The second-order valence-electron chi connectivity index (χ2n) is 4.73. The number of rotatable bonds is 3. The van der Waals surface area contributed by atoms with Crippen LogP contribution in [0.1, 0.15) is 35.2 Å². The SMILES string of the molecule is Cc1cc(C)c(C(C)Nn2cccc2)cc1C. The van der Waals surface area contributed by atoms with Gasteiger partial charge in [0, 0.05) is 12.4 Å². The monoisotopic (exact) mass is 228 g/mol. The molecule has 2 aromatic rings. The van der Waals surface area contributed by atoms with Crippen molar-refractivity contribution in [2.24, 2.45) is 0 Å². The summed E-state index contributed by atoms with van der Waals surface area (Å²) < 4.78 is 2.00. The Morgan fingerprint density at radius 1 is 0.941 bits per heavy atom. The Morgan fingerprint density at radius 2 is 1.53 bits per heavy atom. The summed E-state index contributed by atoms with van der Waals surface area (Å²) in [7, 11) is 0. The molecule has 0 aliphatic carbocycles. The van der Waals surface area contributed by atoms with Crippen molar-refractivity contribution >= 4 is 0 Å². The van der Waals surface area contributed by atoms with Crippen molar-refractivity contribution in [1.29, 1.82) is 0 Å². The average Bonchev–Trinajstić information content (AvgIpc) is 2.76. The number of nitrogens with zero attached hydrogens (tertiary/aromatic N) is 1. The lowest BCUT2D eigenvalue weighted by Crippen LogP contribution is -2.18. The second kappa shape index (κ2) is 4.66. The van der Waals surface area contributed by atoms with Crippen LogP contribution in [-0.2, 0) is 0 Å². The standard InChI is InChI=1S/C15H20N2/c1-11-9-13(3)15(10-12(11)2)14(4)16-17-7-5-6-8-17/h5-10,14,16H,1-4H3. The summed E-state index contributed by atoms with van der Waals surface area (Å²) in [5.41, 5.74) is 8.87. The molecule has 1 unspecified atom stereocenters. The maximum absolute atomic E-state index is 3.44. The Bertz CT molecular complexity index is 498. The van der Waals surface area contributed by atoms with E-state index in [1.165, 1.54) is 22.3 Å². The molecule has 17 heavy (non-hydrogen) atoms. The Morgan fingerprint density at radius 3 is 2.18 bits per heavy atom. The Labute approximate surface area is 103 Å². The van der Waals surface area contributed by atoms with E-state index in [-0.39, 0.29) is 0 Å². The van der Waals surface area contributed by atoms with E-state index in [0.717, 1.165) is 0 Å². The molecule has 2 heteroatoms. The highest BCUT2D eigenvalue weighted by atomic mass is 15.4. The molecular weight excluding hydrogens is 208 g/mol. The minimum absolute atomic E-state index is 0.307. The van der Waals surface area contributed by atoms with Crippen molar-refractivity contribution in [1.82, 2.24) is 4.68 Å². The van der Waals surface area contributed by atoms with Gasteiger partial charge in [-0.3, -0.25) is 4.68 Å². The number of hydrogen-bond donors (Lipinski definition) is 1. The second-order valence-corrected chi connectivity index (χ2v) is 4.73. The van der Waals surface area contributed by atoms with Gasteiger partial charge < -0.3 is 5.43 Å². The Balaban J connectivity index is 2.24. The molecule has 1 aromatic heterocycles. The molecule has 2 nitrogen and oxygen atoms in total. The van der Waals surface area contributed by atoms with Crippen LogP contribution in [0.5, 0.6) is 0 Å². The lowest BCUT2D eigenvalue weighted by molar-refractivity contribution is 0.723. The average molecular weight is 228 g/mol.